The Hall–Kier alpha value is -2.79. The molecule has 0 amide bonds. The molecule has 0 unspecified atom stereocenters. The van der Waals surface area contributed by atoms with Crippen molar-refractivity contribution < 1.29 is 14.3 Å². The third-order valence-electron chi connectivity index (χ3n) is 6.53. The van der Waals surface area contributed by atoms with Crippen LogP contribution in [0.1, 0.15) is 36.0 Å². The summed E-state index contributed by atoms with van der Waals surface area (Å²) in [4.78, 5) is 14.8. The predicted octanol–water partition coefficient (Wildman–Crippen LogP) is 4.93. The number of piperidine rings is 1. The number of Topliss-reactive ketones (excluding diaryl/α,β-unsaturated/α-hetero) is 1. The van der Waals surface area contributed by atoms with Gasteiger partial charge in [-0.25, -0.2) is 0 Å². The van der Waals surface area contributed by atoms with Crippen LogP contribution in [0.15, 0.2) is 91.0 Å². The first-order chi connectivity index (χ1) is 15.7. The van der Waals surface area contributed by atoms with Crippen molar-refractivity contribution in [3.8, 4) is 0 Å². The maximum Gasteiger partial charge on any atom is 0.222 e. The van der Waals surface area contributed by atoms with Crippen molar-refractivity contribution in [2.75, 3.05) is 13.2 Å². The summed E-state index contributed by atoms with van der Waals surface area (Å²) in [6.45, 7) is 2.16. The maximum atomic E-state index is 12.3. The largest absolute Gasteiger partial charge is 0.339 e. The lowest BCUT2D eigenvalue weighted by atomic mass is 9.95. The number of ether oxygens (including phenoxy) is 2. The molecule has 0 saturated carbocycles. The third-order valence-corrected chi connectivity index (χ3v) is 6.53. The Bertz CT molecular complexity index is 983. The highest BCUT2D eigenvalue weighted by atomic mass is 16.7. The normalized spacial score (nSPS) is 23.3. The van der Waals surface area contributed by atoms with Gasteiger partial charge in [0.25, 0.3) is 0 Å². The van der Waals surface area contributed by atoms with Crippen molar-refractivity contribution in [3.05, 3.63) is 108 Å². The highest BCUT2D eigenvalue weighted by molar-refractivity contribution is 5.80. The lowest BCUT2D eigenvalue weighted by Crippen LogP contribution is -2.44. The van der Waals surface area contributed by atoms with Crippen molar-refractivity contribution in [1.82, 2.24) is 4.90 Å². The first-order valence-corrected chi connectivity index (χ1v) is 11.5. The fraction of sp³-hybridized carbons (Fsp3) is 0.321. The van der Waals surface area contributed by atoms with Crippen LogP contribution >= 0.6 is 0 Å². The van der Waals surface area contributed by atoms with Crippen LogP contribution in [-0.2, 0) is 26.6 Å². The van der Waals surface area contributed by atoms with Crippen LogP contribution in [0.3, 0.4) is 0 Å². The third kappa shape index (κ3) is 4.40. The molecule has 2 fully saturated rings. The Morgan fingerprint density at radius 1 is 0.844 bits per heavy atom. The van der Waals surface area contributed by atoms with Crippen molar-refractivity contribution >= 4 is 5.78 Å². The fourth-order valence-corrected chi connectivity index (χ4v) is 4.92. The van der Waals surface area contributed by atoms with Gasteiger partial charge in [-0.1, -0.05) is 91.0 Å². The van der Waals surface area contributed by atoms with Gasteiger partial charge in [0.15, 0.2) is 0 Å². The Labute approximate surface area is 189 Å². The van der Waals surface area contributed by atoms with Crippen LogP contribution in [0.5, 0.6) is 0 Å². The van der Waals surface area contributed by atoms with E-state index in [0.29, 0.717) is 25.2 Å². The molecule has 2 aliphatic heterocycles. The molecule has 3 aromatic rings. The number of ketones is 1. The van der Waals surface area contributed by atoms with Gasteiger partial charge < -0.3 is 9.47 Å². The molecule has 0 bridgehead atoms. The molecule has 5 rings (SSSR count). The number of nitrogens with zero attached hydrogens (tertiary/aromatic N) is 1. The topological polar surface area (TPSA) is 38.8 Å². The minimum absolute atomic E-state index is 0.0791. The van der Waals surface area contributed by atoms with E-state index in [-0.39, 0.29) is 12.1 Å². The molecule has 0 aromatic heterocycles. The maximum absolute atomic E-state index is 12.3. The molecular formula is C28H29NO3. The minimum Gasteiger partial charge on any atom is -0.339 e. The summed E-state index contributed by atoms with van der Waals surface area (Å²) in [6, 6.07) is 30.9. The molecule has 4 nitrogen and oxygen atoms in total. The van der Waals surface area contributed by atoms with Gasteiger partial charge in [0.2, 0.25) is 5.79 Å². The quantitative estimate of drug-likeness (QED) is 0.559. The van der Waals surface area contributed by atoms with Gasteiger partial charge in [-0.05, 0) is 12.0 Å². The van der Waals surface area contributed by atoms with E-state index in [1.54, 1.807) is 0 Å². The Morgan fingerprint density at radius 3 is 2.06 bits per heavy atom. The molecule has 2 aliphatic rings. The minimum atomic E-state index is -0.907. The van der Waals surface area contributed by atoms with Gasteiger partial charge in [-0.15, -0.1) is 0 Å². The van der Waals surface area contributed by atoms with Crippen molar-refractivity contribution in [1.29, 1.82) is 0 Å². The SMILES string of the molecule is O=C1CCN(Cc2ccccc2)[C@@H](C[C@@H]2COC(c3ccccc3)(c3ccccc3)O2)C1. The van der Waals surface area contributed by atoms with Crippen LogP contribution < -0.4 is 0 Å². The second-order valence-electron chi connectivity index (χ2n) is 8.74. The zero-order valence-corrected chi connectivity index (χ0v) is 18.2. The molecule has 4 heteroatoms. The Morgan fingerprint density at radius 2 is 1.44 bits per heavy atom. The Kier molecular flexibility index (Phi) is 6.17. The van der Waals surface area contributed by atoms with Crippen molar-refractivity contribution in [2.45, 2.75) is 43.7 Å². The van der Waals surface area contributed by atoms with E-state index >= 15 is 0 Å². The molecule has 2 heterocycles. The van der Waals surface area contributed by atoms with Gasteiger partial charge >= 0.3 is 0 Å². The van der Waals surface area contributed by atoms with Gasteiger partial charge in [0.1, 0.15) is 5.78 Å². The molecule has 0 aliphatic carbocycles. The highest BCUT2D eigenvalue weighted by Crippen LogP contribution is 2.42. The monoisotopic (exact) mass is 427 g/mol. The predicted molar refractivity (Wildman–Crippen MR) is 124 cm³/mol. The van der Waals surface area contributed by atoms with Gasteiger partial charge in [0.05, 0.1) is 12.7 Å². The number of rotatable bonds is 6. The molecule has 3 aromatic carbocycles. The summed E-state index contributed by atoms with van der Waals surface area (Å²) >= 11 is 0. The molecule has 0 spiro atoms. The average molecular weight is 428 g/mol. The first kappa shape index (κ1) is 21.1. The van der Waals surface area contributed by atoms with Crippen LogP contribution in [0.4, 0.5) is 0 Å². The zero-order valence-electron chi connectivity index (χ0n) is 18.2. The molecule has 2 atom stereocenters. The first-order valence-electron chi connectivity index (χ1n) is 11.5. The van der Waals surface area contributed by atoms with Gasteiger partial charge in [-0.3, -0.25) is 9.69 Å². The lowest BCUT2D eigenvalue weighted by molar-refractivity contribution is -0.145. The summed E-state index contributed by atoms with van der Waals surface area (Å²) in [6.07, 6.45) is 1.91. The van der Waals surface area contributed by atoms with E-state index < -0.39 is 5.79 Å². The molecule has 32 heavy (non-hydrogen) atoms. The van der Waals surface area contributed by atoms with Gasteiger partial charge in [0, 0.05) is 43.1 Å². The van der Waals surface area contributed by atoms with E-state index in [2.05, 4.69) is 53.4 Å². The van der Waals surface area contributed by atoms with Crippen LogP contribution in [-0.4, -0.2) is 36.0 Å². The van der Waals surface area contributed by atoms with E-state index in [4.69, 9.17) is 9.47 Å². The summed E-state index contributed by atoms with van der Waals surface area (Å²) < 4.78 is 13.1. The number of carbonyl (C=O) groups is 1. The van der Waals surface area contributed by atoms with E-state index in [1.807, 2.05) is 42.5 Å². The smallest absolute Gasteiger partial charge is 0.222 e. The number of hydrogen-bond acceptors (Lipinski definition) is 4. The molecule has 0 radical (unpaired) electrons. The fourth-order valence-electron chi connectivity index (χ4n) is 4.92. The van der Waals surface area contributed by atoms with Crippen LogP contribution in [0.25, 0.3) is 0 Å². The second-order valence-corrected chi connectivity index (χ2v) is 8.74. The summed E-state index contributed by atoms with van der Waals surface area (Å²) in [5, 5.41) is 0. The molecular weight excluding hydrogens is 398 g/mol. The number of benzene rings is 3. The molecule has 0 N–H and O–H groups in total. The van der Waals surface area contributed by atoms with Gasteiger partial charge in [-0.2, -0.15) is 0 Å². The standard InChI is InChI=1S/C28H29NO3/c30-26-16-17-29(20-22-10-4-1-5-11-22)25(18-26)19-27-21-31-28(32-27,23-12-6-2-7-13-23)24-14-8-3-9-15-24/h1-15,25,27H,16-21H2/t25-,27-/m1/s1. The van der Waals surface area contributed by atoms with E-state index in [9.17, 15) is 4.79 Å². The summed E-state index contributed by atoms with van der Waals surface area (Å²) in [7, 11) is 0. The molecule has 164 valence electrons. The van der Waals surface area contributed by atoms with Crippen LogP contribution in [0, 0.1) is 0 Å². The summed E-state index contributed by atoms with van der Waals surface area (Å²) in [5.74, 6) is -0.563. The zero-order chi connectivity index (χ0) is 21.8. The number of hydrogen-bond donors (Lipinski definition) is 0. The van der Waals surface area contributed by atoms with E-state index in [0.717, 1.165) is 30.6 Å². The van der Waals surface area contributed by atoms with Crippen molar-refractivity contribution in [2.24, 2.45) is 0 Å². The number of likely N-dealkylation sites (tertiary alicyclic amines) is 1. The van der Waals surface area contributed by atoms with Crippen molar-refractivity contribution in [3.63, 3.8) is 0 Å². The second kappa shape index (κ2) is 9.37. The molecule has 2 saturated heterocycles. The Balaban J connectivity index is 1.36. The summed E-state index contributed by atoms with van der Waals surface area (Å²) in [5.41, 5.74) is 3.27. The van der Waals surface area contributed by atoms with Crippen LogP contribution in [0.2, 0.25) is 0 Å². The average Bonchev–Trinajstić information content (AvgIpc) is 3.28. The lowest BCUT2D eigenvalue weighted by Gasteiger charge is -2.36. The number of carbonyl (C=O) groups excluding carboxylic acids is 1. The highest BCUT2D eigenvalue weighted by Gasteiger charge is 2.46. The van der Waals surface area contributed by atoms with E-state index in [1.165, 1.54) is 5.56 Å².